The molecule has 0 saturated carbocycles. The van der Waals surface area contributed by atoms with E-state index in [1.165, 1.54) is 0 Å². The van der Waals surface area contributed by atoms with Gasteiger partial charge in [0.15, 0.2) is 0 Å². The fourth-order valence-corrected chi connectivity index (χ4v) is 2.96. The largest absolute Gasteiger partial charge is 0.467 e. The van der Waals surface area contributed by atoms with E-state index in [4.69, 9.17) is 4.42 Å². The number of aromatic nitrogens is 1. The van der Waals surface area contributed by atoms with Crippen molar-refractivity contribution in [1.29, 1.82) is 0 Å². The number of thiophene rings is 1. The summed E-state index contributed by atoms with van der Waals surface area (Å²) >= 11 is 1.64. The van der Waals surface area contributed by atoms with E-state index in [0.717, 1.165) is 22.0 Å². The lowest BCUT2D eigenvalue weighted by Crippen LogP contribution is -2.27. The molecule has 0 aromatic carbocycles. The predicted octanol–water partition coefficient (Wildman–Crippen LogP) is 3.98. The summed E-state index contributed by atoms with van der Waals surface area (Å²) in [4.78, 5) is 19.8. The molecule has 0 unspecified atom stereocenters. The van der Waals surface area contributed by atoms with Crippen molar-refractivity contribution < 1.29 is 9.21 Å². The fourth-order valence-electron chi connectivity index (χ4n) is 2.26. The van der Waals surface area contributed by atoms with Gasteiger partial charge in [0.05, 0.1) is 34.6 Å². The number of hydrogen-bond acceptors (Lipinski definition) is 4. The zero-order valence-corrected chi connectivity index (χ0v) is 13.3. The van der Waals surface area contributed by atoms with Gasteiger partial charge in [0, 0.05) is 7.05 Å². The van der Waals surface area contributed by atoms with Crippen LogP contribution < -0.4 is 0 Å². The molecule has 1 amide bonds. The van der Waals surface area contributed by atoms with Crippen LogP contribution in [-0.2, 0) is 6.54 Å². The molecule has 3 rings (SSSR count). The highest BCUT2D eigenvalue weighted by atomic mass is 32.1. The molecular formula is C17H16N2O2S. The van der Waals surface area contributed by atoms with Gasteiger partial charge >= 0.3 is 0 Å². The highest BCUT2D eigenvalue weighted by Crippen LogP contribution is 2.24. The van der Waals surface area contributed by atoms with Crippen LogP contribution in [0.3, 0.4) is 0 Å². The van der Waals surface area contributed by atoms with Crippen molar-refractivity contribution in [2.24, 2.45) is 0 Å². The van der Waals surface area contributed by atoms with Gasteiger partial charge in [0.1, 0.15) is 5.76 Å². The Morgan fingerprint density at radius 1 is 1.27 bits per heavy atom. The van der Waals surface area contributed by atoms with Gasteiger partial charge in [-0.3, -0.25) is 9.78 Å². The smallest absolute Gasteiger partial charge is 0.255 e. The van der Waals surface area contributed by atoms with Crippen LogP contribution in [0.1, 0.15) is 21.8 Å². The Labute approximate surface area is 133 Å². The molecule has 0 fully saturated rings. The van der Waals surface area contributed by atoms with Crippen LogP contribution in [0, 0.1) is 6.92 Å². The van der Waals surface area contributed by atoms with Crippen LogP contribution in [0.5, 0.6) is 0 Å². The van der Waals surface area contributed by atoms with Crippen molar-refractivity contribution in [3.05, 3.63) is 65.1 Å². The third-order valence-corrected chi connectivity index (χ3v) is 4.30. The summed E-state index contributed by atoms with van der Waals surface area (Å²) in [6.45, 7) is 2.31. The van der Waals surface area contributed by atoms with Gasteiger partial charge in [-0.15, -0.1) is 11.3 Å². The van der Waals surface area contributed by atoms with E-state index in [0.29, 0.717) is 12.1 Å². The van der Waals surface area contributed by atoms with Gasteiger partial charge in [-0.25, -0.2) is 0 Å². The average Bonchev–Trinajstić information content (AvgIpc) is 3.19. The number of furan rings is 1. The van der Waals surface area contributed by atoms with Crippen molar-refractivity contribution >= 4 is 17.2 Å². The zero-order valence-electron chi connectivity index (χ0n) is 12.4. The number of nitrogens with zero attached hydrogens (tertiary/aromatic N) is 2. The lowest BCUT2D eigenvalue weighted by Gasteiger charge is -2.17. The molecule has 112 valence electrons. The maximum absolute atomic E-state index is 12.5. The Hall–Kier alpha value is -2.40. The van der Waals surface area contributed by atoms with Crippen LogP contribution in [-0.4, -0.2) is 22.8 Å². The first kappa shape index (κ1) is 14.5. The van der Waals surface area contributed by atoms with Crippen LogP contribution >= 0.6 is 11.3 Å². The molecule has 0 spiro atoms. The van der Waals surface area contributed by atoms with E-state index in [1.54, 1.807) is 29.5 Å². The maximum atomic E-state index is 12.5. The molecular weight excluding hydrogens is 296 g/mol. The Morgan fingerprint density at radius 2 is 2.14 bits per heavy atom. The maximum Gasteiger partial charge on any atom is 0.255 e. The monoisotopic (exact) mass is 312 g/mol. The van der Waals surface area contributed by atoms with Crippen LogP contribution in [0.25, 0.3) is 10.6 Å². The van der Waals surface area contributed by atoms with Gasteiger partial charge < -0.3 is 9.32 Å². The van der Waals surface area contributed by atoms with Gasteiger partial charge in [-0.2, -0.15) is 0 Å². The fraction of sp³-hybridized carbons (Fsp3) is 0.176. The second-order valence-corrected chi connectivity index (χ2v) is 6.00. The van der Waals surface area contributed by atoms with Crippen molar-refractivity contribution in [1.82, 2.24) is 9.88 Å². The lowest BCUT2D eigenvalue weighted by atomic mass is 10.1. The number of rotatable bonds is 4. The van der Waals surface area contributed by atoms with Crippen molar-refractivity contribution in [2.45, 2.75) is 13.5 Å². The molecule has 0 N–H and O–H groups in total. The summed E-state index contributed by atoms with van der Waals surface area (Å²) < 4.78 is 5.28. The van der Waals surface area contributed by atoms with E-state index >= 15 is 0 Å². The Kier molecular flexibility index (Phi) is 4.06. The summed E-state index contributed by atoms with van der Waals surface area (Å²) in [5.41, 5.74) is 2.26. The molecule has 3 aromatic heterocycles. The summed E-state index contributed by atoms with van der Waals surface area (Å²) in [5, 5.41) is 2.02. The van der Waals surface area contributed by atoms with E-state index in [2.05, 4.69) is 4.98 Å². The van der Waals surface area contributed by atoms with E-state index < -0.39 is 0 Å². The predicted molar refractivity (Wildman–Crippen MR) is 86.8 cm³/mol. The average molecular weight is 312 g/mol. The topological polar surface area (TPSA) is 46.3 Å². The zero-order chi connectivity index (χ0) is 15.5. The molecule has 22 heavy (non-hydrogen) atoms. The number of amides is 1. The second-order valence-electron chi connectivity index (χ2n) is 5.05. The van der Waals surface area contributed by atoms with Crippen molar-refractivity contribution in [3.63, 3.8) is 0 Å². The lowest BCUT2D eigenvalue weighted by molar-refractivity contribution is 0.0774. The molecule has 3 heterocycles. The molecule has 0 aliphatic rings. The molecule has 0 saturated heterocycles. The standard InChI is InChI=1S/C17H16N2O2S/c1-12-14(7-8-15(18-12)16-6-4-10-22-16)17(20)19(2)11-13-5-3-9-21-13/h3-10H,11H2,1-2H3. The van der Waals surface area contributed by atoms with Crippen LogP contribution in [0.15, 0.2) is 52.5 Å². The third-order valence-electron chi connectivity index (χ3n) is 3.41. The molecule has 3 aromatic rings. The van der Waals surface area contributed by atoms with Crippen molar-refractivity contribution in [3.8, 4) is 10.6 Å². The van der Waals surface area contributed by atoms with Gasteiger partial charge in [-0.1, -0.05) is 6.07 Å². The van der Waals surface area contributed by atoms with Crippen LogP contribution in [0.4, 0.5) is 0 Å². The van der Waals surface area contributed by atoms with Crippen molar-refractivity contribution in [2.75, 3.05) is 7.05 Å². The third kappa shape index (κ3) is 2.94. The van der Waals surface area contributed by atoms with E-state index in [9.17, 15) is 4.79 Å². The molecule has 4 nitrogen and oxygen atoms in total. The summed E-state index contributed by atoms with van der Waals surface area (Å²) in [5.74, 6) is 0.704. The molecule has 0 aliphatic carbocycles. The molecule has 0 atom stereocenters. The minimum Gasteiger partial charge on any atom is -0.467 e. The number of carbonyl (C=O) groups excluding carboxylic acids is 1. The molecule has 0 bridgehead atoms. The summed E-state index contributed by atoms with van der Waals surface area (Å²) in [7, 11) is 1.76. The summed E-state index contributed by atoms with van der Waals surface area (Å²) in [6.07, 6.45) is 1.61. The summed E-state index contributed by atoms with van der Waals surface area (Å²) in [6, 6.07) is 11.4. The minimum absolute atomic E-state index is 0.0564. The first-order valence-corrected chi connectivity index (χ1v) is 7.82. The Bertz CT molecular complexity index is 764. The number of pyridine rings is 1. The molecule has 5 heteroatoms. The molecule has 0 radical (unpaired) electrons. The quantitative estimate of drug-likeness (QED) is 0.732. The van der Waals surface area contributed by atoms with Gasteiger partial charge in [-0.05, 0) is 42.6 Å². The number of hydrogen-bond donors (Lipinski definition) is 0. The van der Waals surface area contributed by atoms with E-state index in [1.807, 2.05) is 48.7 Å². The highest BCUT2D eigenvalue weighted by molar-refractivity contribution is 7.13. The van der Waals surface area contributed by atoms with E-state index in [-0.39, 0.29) is 5.91 Å². The SMILES string of the molecule is Cc1nc(-c2cccs2)ccc1C(=O)N(C)Cc1ccco1. The highest BCUT2D eigenvalue weighted by Gasteiger charge is 2.17. The van der Waals surface area contributed by atoms with Crippen LogP contribution in [0.2, 0.25) is 0 Å². The minimum atomic E-state index is -0.0564. The molecule has 0 aliphatic heterocycles. The Balaban J connectivity index is 1.80. The van der Waals surface area contributed by atoms with Gasteiger partial charge in [0.25, 0.3) is 5.91 Å². The first-order chi connectivity index (χ1) is 10.6. The second kappa shape index (κ2) is 6.15. The Morgan fingerprint density at radius 3 is 2.77 bits per heavy atom. The first-order valence-electron chi connectivity index (χ1n) is 6.94. The number of carbonyl (C=O) groups is 1. The number of aryl methyl sites for hydroxylation is 1. The van der Waals surface area contributed by atoms with Gasteiger partial charge in [0.2, 0.25) is 0 Å². The normalized spacial score (nSPS) is 10.6.